The van der Waals surface area contributed by atoms with E-state index in [1.54, 1.807) is 26.0 Å². The van der Waals surface area contributed by atoms with Crippen LogP contribution in [0.2, 0.25) is 0 Å². The van der Waals surface area contributed by atoms with Crippen LogP contribution < -0.4 is 0 Å². The molecule has 0 aliphatic rings. The molecule has 0 saturated heterocycles. The Morgan fingerprint density at radius 3 is 2.21 bits per heavy atom. The summed E-state index contributed by atoms with van der Waals surface area (Å²) in [5, 5.41) is 0. The lowest BCUT2D eigenvalue weighted by atomic mass is 9.96. The van der Waals surface area contributed by atoms with Crippen molar-refractivity contribution in [1.29, 1.82) is 0 Å². The summed E-state index contributed by atoms with van der Waals surface area (Å²) in [6, 6.07) is 7.25. The number of ether oxygens (including phenoxy) is 2. The first-order valence-electron chi connectivity index (χ1n) is 6.16. The minimum atomic E-state index is -0.618. The van der Waals surface area contributed by atoms with Gasteiger partial charge in [-0.05, 0) is 31.5 Å². The summed E-state index contributed by atoms with van der Waals surface area (Å²) >= 11 is 3.33. The molecule has 0 unspecified atom stereocenters. The summed E-state index contributed by atoms with van der Waals surface area (Å²) in [6.45, 7) is 4.06. The number of esters is 2. The fraction of sp³-hybridized carbons (Fsp3) is 0.429. The predicted octanol–water partition coefficient (Wildman–Crippen LogP) is 3.05. The van der Waals surface area contributed by atoms with Gasteiger partial charge in [0.05, 0.1) is 25.6 Å². The van der Waals surface area contributed by atoms with E-state index in [-0.39, 0.29) is 13.0 Å². The monoisotopic (exact) mass is 328 g/mol. The summed E-state index contributed by atoms with van der Waals surface area (Å²) in [6.07, 6.45) is -0.00565. The highest BCUT2D eigenvalue weighted by molar-refractivity contribution is 9.10. The van der Waals surface area contributed by atoms with Crippen LogP contribution in [-0.4, -0.2) is 25.2 Å². The first-order chi connectivity index (χ1) is 9.08. The van der Waals surface area contributed by atoms with Gasteiger partial charge >= 0.3 is 11.9 Å². The van der Waals surface area contributed by atoms with Gasteiger partial charge in [-0.2, -0.15) is 0 Å². The quantitative estimate of drug-likeness (QED) is 0.753. The Labute approximate surface area is 121 Å². The van der Waals surface area contributed by atoms with E-state index in [2.05, 4.69) is 15.9 Å². The van der Waals surface area contributed by atoms with Crippen LogP contribution in [0.1, 0.15) is 31.7 Å². The molecule has 0 aliphatic heterocycles. The van der Waals surface area contributed by atoms with Crippen molar-refractivity contribution in [1.82, 2.24) is 0 Å². The third-order valence-electron chi connectivity index (χ3n) is 2.52. The van der Waals surface area contributed by atoms with Crippen molar-refractivity contribution in [2.45, 2.75) is 26.2 Å². The molecule has 1 aromatic carbocycles. The summed E-state index contributed by atoms with van der Waals surface area (Å²) in [7, 11) is 0. The molecule has 0 saturated carbocycles. The van der Waals surface area contributed by atoms with Gasteiger partial charge in [0.25, 0.3) is 0 Å². The van der Waals surface area contributed by atoms with Crippen LogP contribution in [0.15, 0.2) is 28.7 Å². The maximum absolute atomic E-state index is 11.9. The largest absolute Gasteiger partial charge is 0.466 e. The second kappa shape index (κ2) is 7.94. The predicted molar refractivity (Wildman–Crippen MR) is 74.8 cm³/mol. The molecule has 5 heteroatoms. The van der Waals surface area contributed by atoms with E-state index >= 15 is 0 Å². The molecule has 1 aromatic rings. The third kappa shape index (κ3) is 5.03. The van der Waals surface area contributed by atoms with Gasteiger partial charge in [-0.3, -0.25) is 9.59 Å². The highest BCUT2D eigenvalue weighted by atomic mass is 79.9. The molecule has 19 heavy (non-hydrogen) atoms. The lowest BCUT2D eigenvalue weighted by molar-refractivity contribution is -0.151. The summed E-state index contributed by atoms with van der Waals surface area (Å²) in [5.74, 6) is -1.42. The second-order valence-corrected chi connectivity index (χ2v) is 4.78. The zero-order valence-electron chi connectivity index (χ0n) is 11.0. The van der Waals surface area contributed by atoms with Gasteiger partial charge in [0.1, 0.15) is 0 Å². The van der Waals surface area contributed by atoms with Crippen molar-refractivity contribution >= 4 is 27.9 Å². The van der Waals surface area contributed by atoms with Crippen molar-refractivity contribution in [3.8, 4) is 0 Å². The SMILES string of the molecule is CCOC(=O)C[C@@H](C(=O)OCC)c1ccc(Br)cc1. The lowest BCUT2D eigenvalue weighted by Gasteiger charge is -2.15. The normalized spacial score (nSPS) is 11.7. The Hall–Kier alpha value is -1.36. The van der Waals surface area contributed by atoms with Crippen LogP contribution in [0.3, 0.4) is 0 Å². The van der Waals surface area contributed by atoms with E-state index < -0.39 is 17.9 Å². The molecular formula is C14H17BrO4. The van der Waals surface area contributed by atoms with E-state index in [1.165, 1.54) is 0 Å². The number of carbonyl (C=O) groups excluding carboxylic acids is 2. The third-order valence-corrected chi connectivity index (χ3v) is 3.05. The van der Waals surface area contributed by atoms with Crippen molar-refractivity contribution in [3.05, 3.63) is 34.3 Å². The molecule has 0 heterocycles. The summed E-state index contributed by atoms with van der Waals surface area (Å²) in [4.78, 5) is 23.5. The Balaban J connectivity index is 2.88. The van der Waals surface area contributed by atoms with E-state index in [4.69, 9.17) is 9.47 Å². The first kappa shape index (κ1) is 15.7. The molecule has 1 atom stereocenters. The minimum absolute atomic E-state index is 0.00565. The van der Waals surface area contributed by atoms with Crippen LogP contribution in [-0.2, 0) is 19.1 Å². The highest BCUT2D eigenvalue weighted by Gasteiger charge is 2.25. The zero-order valence-corrected chi connectivity index (χ0v) is 12.6. The van der Waals surface area contributed by atoms with Gasteiger partial charge in [-0.1, -0.05) is 28.1 Å². The van der Waals surface area contributed by atoms with Gasteiger partial charge in [-0.25, -0.2) is 0 Å². The summed E-state index contributed by atoms with van der Waals surface area (Å²) < 4.78 is 10.8. The second-order valence-electron chi connectivity index (χ2n) is 3.87. The minimum Gasteiger partial charge on any atom is -0.466 e. The van der Waals surface area contributed by atoms with Crippen molar-refractivity contribution < 1.29 is 19.1 Å². The van der Waals surface area contributed by atoms with Crippen molar-refractivity contribution in [2.75, 3.05) is 13.2 Å². The number of benzene rings is 1. The molecule has 0 aromatic heterocycles. The zero-order chi connectivity index (χ0) is 14.3. The number of hydrogen-bond acceptors (Lipinski definition) is 4. The maximum atomic E-state index is 11.9. The Bertz CT molecular complexity index is 428. The van der Waals surface area contributed by atoms with E-state index in [9.17, 15) is 9.59 Å². The average Bonchev–Trinajstić information content (AvgIpc) is 2.38. The number of rotatable bonds is 6. The fourth-order valence-corrected chi connectivity index (χ4v) is 1.93. The standard InChI is InChI=1S/C14H17BrO4/c1-3-18-13(16)9-12(14(17)19-4-2)10-5-7-11(15)8-6-10/h5-8,12H,3-4,9H2,1-2H3/t12-/m1/s1. The highest BCUT2D eigenvalue weighted by Crippen LogP contribution is 2.24. The lowest BCUT2D eigenvalue weighted by Crippen LogP contribution is -2.20. The molecule has 0 amide bonds. The number of halogens is 1. The van der Waals surface area contributed by atoms with Gasteiger partial charge in [0, 0.05) is 4.47 Å². The molecule has 0 bridgehead atoms. The van der Waals surface area contributed by atoms with Gasteiger partial charge in [-0.15, -0.1) is 0 Å². The molecule has 0 fully saturated rings. The summed E-state index contributed by atoms with van der Waals surface area (Å²) in [5.41, 5.74) is 0.745. The molecule has 0 spiro atoms. The smallest absolute Gasteiger partial charge is 0.313 e. The van der Waals surface area contributed by atoms with E-state index in [1.807, 2.05) is 12.1 Å². The topological polar surface area (TPSA) is 52.6 Å². The Morgan fingerprint density at radius 1 is 1.11 bits per heavy atom. The molecule has 0 N–H and O–H groups in total. The van der Waals surface area contributed by atoms with E-state index in [0.717, 1.165) is 10.0 Å². The van der Waals surface area contributed by atoms with Crippen LogP contribution in [0, 0.1) is 0 Å². The molecular weight excluding hydrogens is 312 g/mol. The number of hydrogen-bond donors (Lipinski definition) is 0. The van der Waals surface area contributed by atoms with Crippen molar-refractivity contribution in [3.63, 3.8) is 0 Å². The Kier molecular flexibility index (Phi) is 6.56. The van der Waals surface area contributed by atoms with Gasteiger partial charge < -0.3 is 9.47 Å². The molecule has 0 radical (unpaired) electrons. The number of carbonyl (C=O) groups is 2. The molecule has 0 aliphatic carbocycles. The molecule has 1 rings (SSSR count). The van der Waals surface area contributed by atoms with Crippen molar-refractivity contribution in [2.24, 2.45) is 0 Å². The van der Waals surface area contributed by atoms with Crippen LogP contribution in [0.25, 0.3) is 0 Å². The molecule has 4 nitrogen and oxygen atoms in total. The maximum Gasteiger partial charge on any atom is 0.313 e. The Morgan fingerprint density at radius 2 is 1.68 bits per heavy atom. The van der Waals surface area contributed by atoms with E-state index in [0.29, 0.717) is 6.61 Å². The van der Waals surface area contributed by atoms with Crippen LogP contribution in [0.4, 0.5) is 0 Å². The average molecular weight is 329 g/mol. The van der Waals surface area contributed by atoms with Gasteiger partial charge in [0.2, 0.25) is 0 Å². The fourth-order valence-electron chi connectivity index (χ4n) is 1.66. The molecule has 104 valence electrons. The van der Waals surface area contributed by atoms with Gasteiger partial charge in [0.15, 0.2) is 0 Å². The van der Waals surface area contributed by atoms with Crippen LogP contribution in [0.5, 0.6) is 0 Å². The first-order valence-corrected chi connectivity index (χ1v) is 6.95. The van der Waals surface area contributed by atoms with Crippen LogP contribution >= 0.6 is 15.9 Å².